The number of amides is 2. The molecule has 1 N–H and O–H groups in total. The van der Waals surface area contributed by atoms with Crippen LogP contribution < -0.4 is 10.1 Å². The van der Waals surface area contributed by atoms with E-state index in [0.717, 1.165) is 29.9 Å². The molecule has 2 aromatic heterocycles. The maximum atomic E-state index is 12.5. The van der Waals surface area contributed by atoms with Gasteiger partial charge in [-0.3, -0.25) is 9.59 Å². The predicted molar refractivity (Wildman–Crippen MR) is 112 cm³/mol. The fourth-order valence-corrected chi connectivity index (χ4v) is 4.20. The largest absolute Gasteiger partial charge is 0.459 e. The third-order valence-corrected chi connectivity index (χ3v) is 5.76. The Labute approximate surface area is 178 Å². The van der Waals surface area contributed by atoms with Gasteiger partial charge in [0.2, 0.25) is 0 Å². The van der Waals surface area contributed by atoms with Gasteiger partial charge in [-0.25, -0.2) is 0 Å². The van der Waals surface area contributed by atoms with Crippen LogP contribution in [-0.4, -0.2) is 35.6 Å². The SMILES string of the molecule is Cc1cn(Cc2cccc(C(=O)NC[C@@H]3CCCO3)c2)c(=NC(=O)c2ccco2)s1. The second kappa shape index (κ2) is 9.23. The highest BCUT2D eigenvalue weighted by atomic mass is 32.1. The van der Waals surface area contributed by atoms with Crippen LogP contribution in [0.15, 0.2) is 58.3 Å². The Hall–Kier alpha value is -2.97. The van der Waals surface area contributed by atoms with E-state index in [9.17, 15) is 9.59 Å². The summed E-state index contributed by atoms with van der Waals surface area (Å²) in [5.41, 5.74) is 1.55. The number of carbonyl (C=O) groups is 2. The Morgan fingerprint density at radius 2 is 2.20 bits per heavy atom. The van der Waals surface area contributed by atoms with E-state index < -0.39 is 5.91 Å². The number of furan rings is 1. The van der Waals surface area contributed by atoms with Gasteiger partial charge in [0.25, 0.3) is 5.91 Å². The summed E-state index contributed by atoms with van der Waals surface area (Å²) < 4.78 is 12.6. The van der Waals surface area contributed by atoms with E-state index in [2.05, 4.69) is 10.3 Å². The van der Waals surface area contributed by atoms with E-state index in [1.54, 1.807) is 18.2 Å². The van der Waals surface area contributed by atoms with E-state index in [1.165, 1.54) is 17.6 Å². The first kappa shape index (κ1) is 20.3. The Kier molecular flexibility index (Phi) is 6.25. The van der Waals surface area contributed by atoms with Crippen molar-refractivity contribution in [2.45, 2.75) is 32.4 Å². The van der Waals surface area contributed by atoms with Gasteiger partial charge in [-0.1, -0.05) is 12.1 Å². The zero-order valence-electron chi connectivity index (χ0n) is 16.7. The van der Waals surface area contributed by atoms with Crippen LogP contribution in [0.1, 0.15) is 44.2 Å². The zero-order chi connectivity index (χ0) is 20.9. The van der Waals surface area contributed by atoms with Crippen molar-refractivity contribution in [2.75, 3.05) is 13.2 Å². The fourth-order valence-electron chi connectivity index (χ4n) is 3.37. The Morgan fingerprint density at radius 1 is 1.30 bits per heavy atom. The minimum Gasteiger partial charge on any atom is -0.459 e. The molecule has 4 rings (SSSR count). The number of rotatable bonds is 6. The van der Waals surface area contributed by atoms with Crippen molar-refractivity contribution in [3.05, 3.63) is 75.4 Å². The predicted octanol–water partition coefficient (Wildman–Crippen LogP) is 3.15. The molecule has 3 heterocycles. The molecule has 1 atom stereocenters. The second-order valence-corrected chi connectivity index (χ2v) is 8.41. The Balaban J connectivity index is 1.49. The van der Waals surface area contributed by atoms with E-state index in [1.807, 2.05) is 35.9 Å². The van der Waals surface area contributed by atoms with Crippen molar-refractivity contribution < 1.29 is 18.7 Å². The quantitative estimate of drug-likeness (QED) is 0.657. The van der Waals surface area contributed by atoms with E-state index >= 15 is 0 Å². The molecular formula is C22H23N3O4S. The number of nitrogens with zero attached hydrogens (tertiary/aromatic N) is 2. The lowest BCUT2D eigenvalue weighted by Crippen LogP contribution is -2.31. The lowest BCUT2D eigenvalue weighted by Gasteiger charge is -2.11. The highest BCUT2D eigenvalue weighted by Gasteiger charge is 2.17. The van der Waals surface area contributed by atoms with Gasteiger partial charge in [-0.05, 0) is 49.6 Å². The van der Waals surface area contributed by atoms with Crippen LogP contribution in [0.5, 0.6) is 0 Å². The molecule has 0 aliphatic carbocycles. The third kappa shape index (κ3) is 4.95. The molecule has 1 aliphatic rings. The molecule has 7 nitrogen and oxygen atoms in total. The molecule has 30 heavy (non-hydrogen) atoms. The topological polar surface area (TPSA) is 85.8 Å². The van der Waals surface area contributed by atoms with Gasteiger partial charge in [-0.2, -0.15) is 4.99 Å². The van der Waals surface area contributed by atoms with Crippen LogP contribution >= 0.6 is 11.3 Å². The fraction of sp³-hybridized carbons (Fsp3) is 0.318. The van der Waals surface area contributed by atoms with Crippen molar-refractivity contribution in [2.24, 2.45) is 4.99 Å². The highest BCUT2D eigenvalue weighted by molar-refractivity contribution is 7.09. The summed E-state index contributed by atoms with van der Waals surface area (Å²) in [4.78, 5) is 30.6. The molecule has 0 spiro atoms. The van der Waals surface area contributed by atoms with Crippen LogP contribution in [0.2, 0.25) is 0 Å². The van der Waals surface area contributed by atoms with Gasteiger partial charge < -0.3 is 19.0 Å². The maximum Gasteiger partial charge on any atom is 0.315 e. The summed E-state index contributed by atoms with van der Waals surface area (Å²) in [6.07, 6.45) is 5.53. The lowest BCUT2D eigenvalue weighted by molar-refractivity contribution is 0.0857. The van der Waals surface area contributed by atoms with Crippen LogP contribution in [0.4, 0.5) is 0 Å². The summed E-state index contributed by atoms with van der Waals surface area (Å²) in [6, 6.07) is 10.7. The second-order valence-electron chi connectivity index (χ2n) is 7.19. The third-order valence-electron chi connectivity index (χ3n) is 4.82. The van der Waals surface area contributed by atoms with Crippen molar-refractivity contribution in [1.29, 1.82) is 0 Å². The van der Waals surface area contributed by atoms with Gasteiger partial charge in [0.05, 0.1) is 12.4 Å². The van der Waals surface area contributed by atoms with Gasteiger partial charge in [0.1, 0.15) is 0 Å². The number of ether oxygens (including phenoxy) is 1. The molecule has 8 heteroatoms. The number of carbonyl (C=O) groups excluding carboxylic acids is 2. The number of benzene rings is 1. The van der Waals surface area contributed by atoms with Crippen LogP contribution in [0.3, 0.4) is 0 Å². The molecule has 0 radical (unpaired) electrons. The van der Waals surface area contributed by atoms with Gasteiger partial charge in [-0.15, -0.1) is 11.3 Å². The highest BCUT2D eigenvalue weighted by Crippen LogP contribution is 2.12. The van der Waals surface area contributed by atoms with Crippen molar-refractivity contribution in [3.8, 4) is 0 Å². The normalized spacial score (nSPS) is 16.7. The molecule has 2 amide bonds. The van der Waals surface area contributed by atoms with E-state index in [4.69, 9.17) is 9.15 Å². The van der Waals surface area contributed by atoms with Crippen LogP contribution in [-0.2, 0) is 11.3 Å². The first-order chi connectivity index (χ1) is 14.6. The summed E-state index contributed by atoms with van der Waals surface area (Å²) in [5, 5.41) is 2.95. The first-order valence-electron chi connectivity index (χ1n) is 9.86. The summed E-state index contributed by atoms with van der Waals surface area (Å²) in [7, 11) is 0. The molecule has 0 bridgehead atoms. The van der Waals surface area contributed by atoms with Crippen LogP contribution in [0.25, 0.3) is 0 Å². The molecule has 1 fully saturated rings. The average molecular weight is 426 g/mol. The summed E-state index contributed by atoms with van der Waals surface area (Å²) in [6.45, 7) is 3.76. The summed E-state index contributed by atoms with van der Waals surface area (Å²) in [5.74, 6) is -0.327. The van der Waals surface area contributed by atoms with Crippen molar-refractivity contribution in [1.82, 2.24) is 9.88 Å². The zero-order valence-corrected chi connectivity index (χ0v) is 17.5. The minimum absolute atomic E-state index is 0.109. The Bertz CT molecular complexity index is 1090. The number of hydrogen-bond acceptors (Lipinski definition) is 5. The first-order valence-corrected chi connectivity index (χ1v) is 10.7. The van der Waals surface area contributed by atoms with Gasteiger partial charge in [0.15, 0.2) is 10.6 Å². The van der Waals surface area contributed by atoms with E-state index in [0.29, 0.717) is 23.5 Å². The molecule has 0 unspecified atom stereocenters. The van der Waals surface area contributed by atoms with Crippen molar-refractivity contribution in [3.63, 3.8) is 0 Å². The monoisotopic (exact) mass is 425 g/mol. The molecule has 1 aliphatic heterocycles. The lowest BCUT2D eigenvalue weighted by atomic mass is 10.1. The Morgan fingerprint density at radius 3 is 2.97 bits per heavy atom. The minimum atomic E-state index is -0.419. The number of aromatic nitrogens is 1. The maximum absolute atomic E-state index is 12.5. The van der Waals surface area contributed by atoms with Gasteiger partial charge >= 0.3 is 5.91 Å². The standard InChI is InChI=1S/C22H23N3O4S/c1-15-13-25(22(30-15)24-21(27)19-8-4-10-29-19)14-16-5-2-6-17(11-16)20(26)23-12-18-7-3-9-28-18/h2,4-6,8,10-11,13,18H,3,7,9,12,14H2,1H3,(H,23,26)/t18-/m0/s1. The van der Waals surface area contributed by atoms with E-state index in [-0.39, 0.29) is 17.8 Å². The molecule has 0 saturated carbocycles. The number of nitrogens with one attached hydrogen (secondary N) is 1. The number of aryl methyl sites for hydroxylation is 1. The van der Waals surface area contributed by atoms with Gasteiger partial charge in [0, 0.05) is 36.3 Å². The smallest absolute Gasteiger partial charge is 0.315 e. The average Bonchev–Trinajstić information content (AvgIpc) is 3.50. The molecule has 1 aromatic carbocycles. The molecule has 156 valence electrons. The number of hydrogen-bond donors (Lipinski definition) is 1. The molecular weight excluding hydrogens is 402 g/mol. The van der Waals surface area contributed by atoms with Crippen LogP contribution in [0, 0.1) is 6.92 Å². The summed E-state index contributed by atoms with van der Waals surface area (Å²) >= 11 is 1.43. The molecule has 3 aromatic rings. The molecule has 1 saturated heterocycles. The van der Waals surface area contributed by atoms with Crippen molar-refractivity contribution >= 4 is 23.2 Å². The number of thiazole rings is 1.